The lowest BCUT2D eigenvalue weighted by atomic mass is 10.1. The van der Waals surface area contributed by atoms with Crippen LogP contribution in [0, 0.1) is 19.7 Å². The first-order chi connectivity index (χ1) is 9.41. The number of nitrogens with two attached hydrogens (primary N) is 1. The van der Waals surface area contributed by atoms with E-state index in [0.717, 1.165) is 16.8 Å². The molecule has 3 nitrogen and oxygen atoms in total. The molecule has 0 atom stereocenters. The fourth-order valence-corrected chi connectivity index (χ4v) is 2.20. The number of benzene rings is 2. The van der Waals surface area contributed by atoms with Gasteiger partial charge in [-0.15, -0.1) is 0 Å². The maximum absolute atomic E-state index is 13.4. The standard InChI is InChI=1S/C16H17FN2O/c1-10-7-8-14(11(2)9-10)19(3)16(20)12-5-4-6-13(17)15(12)18/h4-9H,18H2,1-3H3. The van der Waals surface area contributed by atoms with Crippen LogP contribution in [0.5, 0.6) is 0 Å². The van der Waals surface area contributed by atoms with Crippen molar-refractivity contribution in [2.24, 2.45) is 0 Å². The molecule has 0 bridgehead atoms. The predicted octanol–water partition coefficient (Wildman–Crippen LogP) is 3.30. The van der Waals surface area contributed by atoms with Crippen molar-refractivity contribution >= 4 is 17.3 Å². The van der Waals surface area contributed by atoms with Crippen LogP contribution < -0.4 is 10.6 Å². The molecule has 2 N–H and O–H groups in total. The number of halogens is 1. The maximum atomic E-state index is 13.4. The summed E-state index contributed by atoms with van der Waals surface area (Å²) in [7, 11) is 1.66. The molecule has 0 heterocycles. The Hall–Kier alpha value is -2.36. The van der Waals surface area contributed by atoms with E-state index in [1.54, 1.807) is 7.05 Å². The molecule has 4 heteroatoms. The summed E-state index contributed by atoms with van der Waals surface area (Å²) in [4.78, 5) is 13.9. The molecule has 0 aromatic heterocycles. The smallest absolute Gasteiger partial charge is 0.260 e. The van der Waals surface area contributed by atoms with Gasteiger partial charge in [0.25, 0.3) is 5.91 Å². The number of hydrogen-bond acceptors (Lipinski definition) is 2. The number of aryl methyl sites for hydroxylation is 2. The minimum absolute atomic E-state index is 0.117. The summed E-state index contributed by atoms with van der Waals surface area (Å²) >= 11 is 0. The second kappa shape index (κ2) is 5.33. The minimum Gasteiger partial charge on any atom is -0.396 e. The quantitative estimate of drug-likeness (QED) is 0.853. The maximum Gasteiger partial charge on any atom is 0.260 e. The summed E-state index contributed by atoms with van der Waals surface area (Å²) in [5.41, 5.74) is 8.58. The molecular weight excluding hydrogens is 255 g/mol. The summed E-state index contributed by atoms with van der Waals surface area (Å²) in [6.45, 7) is 3.92. The predicted molar refractivity (Wildman–Crippen MR) is 79.5 cm³/mol. The molecule has 0 aliphatic heterocycles. The van der Waals surface area contributed by atoms with Crippen LogP contribution in [-0.4, -0.2) is 13.0 Å². The SMILES string of the molecule is Cc1ccc(N(C)C(=O)c2cccc(F)c2N)c(C)c1. The second-order valence-corrected chi connectivity index (χ2v) is 4.86. The van der Waals surface area contributed by atoms with Gasteiger partial charge in [-0.2, -0.15) is 0 Å². The zero-order chi connectivity index (χ0) is 14.9. The Kier molecular flexibility index (Phi) is 3.74. The third-order valence-electron chi connectivity index (χ3n) is 3.30. The van der Waals surface area contributed by atoms with Crippen molar-refractivity contribution in [3.8, 4) is 0 Å². The summed E-state index contributed by atoms with van der Waals surface area (Å²) in [6.07, 6.45) is 0. The molecule has 0 aliphatic carbocycles. The van der Waals surface area contributed by atoms with Gasteiger partial charge >= 0.3 is 0 Å². The molecule has 2 rings (SSSR count). The van der Waals surface area contributed by atoms with Gasteiger partial charge in [-0.3, -0.25) is 4.79 Å². The van der Waals surface area contributed by atoms with E-state index in [9.17, 15) is 9.18 Å². The second-order valence-electron chi connectivity index (χ2n) is 4.86. The van der Waals surface area contributed by atoms with Gasteiger partial charge in [0.15, 0.2) is 0 Å². The number of para-hydroxylation sites is 1. The minimum atomic E-state index is -0.579. The van der Waals surface area contributed by atoms with Gasteiger partial charge < -0.3 is 10.6 Å². The molecule has 0 unspecified atom stereocenters. The van der Waals surface area contributed by atoms with Crippen LogP contribution in [0.1, 0.15) is 21.5 Å². The average molecular weight is 272 g/mol. The number of anilines is 2. The highest BCUT2D eigenvalue weighted by Crippen LogP contribution is 2.24. The highest BCUT2D eigenvalue weighted by Gasteiger charge is 2.19. The van der Waals surface area contributed by atoms with Crippen LogP contribution >= 0.6 is 0 Å². The summed E-state index contributed by atoms with van der Waals surface area (Å²) in [5, 5.41) is 0. The number of carbonyl (C=O) groups is 1. The van der Waals surface area contributed by atoms with E-state index < -0.39 is 5.82 Å². The Morgan fingerprint density at radius 3 is 2.55 bits per heavy atom. The van der Waals surface area contributed by atoms with Crippen molar-refractivity contribution in [2.45, 2.75) is 13.8 Å². The van der Waals surface area contributed by atoms with Gasteiger partial charge in [0.1, 0.15) is 5.82 Å². The van der Waals surface area contributed by atoms with Gasteiger partial charge in [0.05, 0.1) is 11.3 Å². The molecule has 104 valence electrons. The number of nitrogen functional groups attached to an aromatic ring is 1. The van der Waals surface area contributed by atoms with E-state index in [1.807, 2.05) is 32.0 Å². The van der Waals surface area contributed by atoms with E-state index in [2.05, 4.69) is 0 Å². The molecule has 2 aromatic rings. The fraction of sp³-hybridized carbons (Fsp3) is 0.188. The molecule has 1 amide bonds. The molecule has 0 fully saturated rings. The van der Waals surface area contributed by atoms with Gasteiger partial charge in [-0.05, 0) is 37.6 Å². The van der Waals surface area contributed by atoms with Crippen molar-refractivity contribution < 1.29 is 9.18 Å². The Balaban J connectivity index is 2.40. The molecule has 0 aliphatic rings. The molecule has 0 saturated carbocycles. The van der Waals surface area contributed by atoms with Gasteiger partial charge in [0.2, 0.25) is 0 Å². The lowest BCUT2D eigenvalue weighted by Gasteiger charge is -2.20. The van der Waals surface area contributed by atoms with E-state index in [-0.39, 0.29) is 17.2 Å². The van der Waals surface area contributed by atoms with Crippen LogP contribution in [0.25, 0.3) is 0 Å². The van der Waals surface area contributed by atoms with Crippen molar-refractivity contribution in [3.63, 3.8) is 0 Å². The number of amides is 1. The summed E-state index contributed by atoms with van der Waals surface area (Å²) < 4.78 is 13.4. The zero-order valence-electron chi connectivity index (χ0n) is 11.8. The third-order valence-corrected chi connectivity index (χ3v) is 3.30. The summed E-state index contributed by atoms with van der Waals surface area (Å²) in [6, 6.07) is 10.0. The normalized spacial score (nSPS) is 10.4. The van der Waals surface area contributed by atoms with Crippen LogP contribution in [0.2, 0.25) is 0 Å². The Morgan fingerprint density at radius 2 is 1.90 bits per heavy atom. The third kappa shape index (κ3) is 2.50. The largest absolute Gasteiger partial charge is 0.396 e. The number of carbonyl (C=O) groups excluding carboxylic acids is 1. The molecule has 20 heavy (non-hydrogen) atoms. The Morgan fingerprint density at radius 1 is 1.20 bits per heavy atom. The fourth-order valence-electron chi connectivity index (χ4n) is 2.20. The average Bonchev–Trinajstić information content (AvgIpc) is 2.40. The van der Waals surface area contributed by atoms with Crippen molar-refractivity contribution in [2.75, 3.05) is 17.7 Å². The monoisotopic (exact) mass is 272 g/mol. The van der Waals surface area contributed by atoms with Crippen molar-refractivity contribution in [1.82, 2.24) is 0 Å². The Bertz CT molecular complexity index is 668. The lowest BCUT2D eigenvalue weighted by Crippen LogP contribution is -2.28. The molecule has 0 saturated heterocycles. The Labute approximate surface area is 117 Å². The number of rotatable bonds is 2. The highest BCUT2D eigenvalue weighted by molar-refractivity contribution is 6.09. The molecule has 0 spiro atoms. The topological polar surface area (TPSA) is 46.3 Å². The lowest BCUT2D eigenvalue weighted by molar-refractivity contribution is 0.0993. The first-order valence-corrected chi connectivity index (χ1v) is 6.31. The van der Waals surface area contributed by atoms with Crippen LogP contribution in [0.4, 0.5) is 15.8 Å². The molecule has 2 aromatic carbocycles. The first-order valence-electron chi connectivity index (χ1n) is 6.31. The van der Waals surface area contributed by atoms with Crippen LogP contribution in [-0.2, 0) is 0 Å². The van der Waals surface area contributed by atoms with Crippen LogP contribution in [0.15, 0.2) is 36.4 Å². The highest BCUT2D eigenvalue weighted by atomic mass is 19.1. The van der Waals surface area contributed by atoms with Gasteiger partial charge in [-0.1, -0.05) is 23.8 Å². The van der Waals surface area contributed by atoms with E-state index in [1.165, 1.54) is 23.1 Å². The van der Waals surface area contributed by atoms with Crippen molar-refractivity contribution in [3.05, 3.63) is 58.9 Å². The number of nitrogens with zero attached hydrogens (tertiary/aromatic N) is 1. The summed E-state index contributed by atoms with van der Waals surface area (Å²) in [5.74, 6) is -0.904. The van der Waals surface area contributed by atoms with Crippen molar-refractivity contribution in [1.29, 1.82) is 0 Å². The zero-order valence-corrected chi connectivity index (χ0v) is 11.8. The van der Waals surface area contributed by atoms with E-state index in [4.69, 9.17) is 5.73 Å². The van der Waals surface area contributed by atoms with E-state index in [0.29, 0.717) is 0 Å². The molecule has 0 radical (unpaired) electrons. The molecular formula is C16H17FN2O. The van der Waals surface area contributed by atoms with E-state index >= 15 is 0 Å². The first kappa shape index (κ1) is 14.1. The number of hydrogen-bond donors (Lipinski definition) is 1. The van der Waals surface area contributed by atoms with Crippen LogP contribution in [0.3, 0.4) is 0 Å². The van der Waals surface area contributed by atoms with Gasteiger partial charge in [-0.25, -0.2) is 4.39 Å². The van der Waals surface area contributed by atoms with Gasteiger partial charge in [0, 0.05) is 12.7 Å².